The quantitative estimate of drug-likeness (QED) is 0.401. The Hall–Kier alpha value is -0.870. The maximum absolute atomic E-state index is 11.7. The second-order valence-corrected chi connectivity index (χ2v) is 7.82. The van der Waals surface area contributed by atoms with Gasteiger partial charge < -0.3 is 30.5 Å². The average Bonchev–Trinajstić information content (AvgIpc) is 2.67. The summed E-state index contributed by atoms with van der Waals surface area (Å²) in [4.78, 5) is 34.3. The lowest BCUT2D eigenvalue weighted by Crippen LogP contribution is -2.40. The Morgan fingerprint density at radius 3 is 2.75 bits per heavy atom. The molecule has 0 radical (unpaired) electrons. The third-order valence-electron chi connectivity index (χ3n) is 3.14. The SMILES string of the molecule is Nc1ccn([C@H]2C[C@@](O)(P(O)(O)=S)[C@@H](CO)O2)c(=O)n1. The Bertz CT molecular complexity index is 618. The predicted octanol–water partition coefficient (Wildman–Crippen LogP) is -1.91. The van der Waals surface area contributed by atoms with Crippen LogP contribution >= 0.6 is 6.49 Å². The summed E-state index contributed by atoms with van der Waals surface area (Å²) in [5.41, 5.74) is 4.63. The van der Waals surface area contributed by atoms with Crippen LogP contribution in [0.5, 0.6) is 0 Å². The van der Waals surface area contributed by atoms with Gasteiger partial charge in [0.15, 0.2) is 5.34 Å². The lowest BCUT2D eigenvalue weighted by Gasteiger charge is -2.30. The van der Waals surface area contributed by atoms with Crippen LogP contribution in [0, 0.1) is 0 Å². The van der Waals surface area contributed by atoms with E-state index in [0.717, 1.165) is 4.57 Å². The standard InChI is InChI=1S/C9H14N3O6PS/c10-6-1-2-12(8(14)11-6)7-3-9(15,19(16,17)20)5(4-13)18-7/h1-2,5,7,13,15H,3-4H2,(H2,10,11,14)(H2,16,17,20)/t5-,7-,9-/m1/s1. The highest BCUT2D eigenvalue weighted by atomic mass is 32.5. The first kappa shape index (κ1) is 15.5. The molecular weight excluding hydrogens is 309 g/mol. The molecule has 20 heavy (non-hydrogen) atoms. The van der Waals surface area contributed by atoms with Crippen molar-refractivity contribution in [2.75, 3.05) is 12.3 Å². The Balaban J connectivity index is 2.39. The largest absolute Gasteiger partial charge is 0.394 e. The Labute approximate surface area is 118 Å². The number of aliphatic hydroxyl groups excluding tert-OH is 1. The maximum Gasteiger partial charge on any atom is 0.351 e. The third-order valence-corrected chi connectivity index (χ3v) is 5.57. The van der Waals surface area contributed by atoms with Crippen LogP contribution in [-0.4, -0.2) is 47.6 Å². The zero-order valence-electron chi connectivity index (χ0n) is 10.2. The van der Waals surface area contributed by atoms with Gasteiger partial charge in [-0.25, -0.2) is 4.79 Å². The average molecular weight is 323 g/mol. The van der Waals surface area contributed by atoms with Crippen molar-refractivity contribution in [3.63, 3.8) is 0 Å². The number of hydrogen-bond donors (Lipinski definition) is 5. The van der Waals surface area contributed by atoms with Gasteiger partial charge in [0.1, 0.15) is 18.1 Å². The highest BCUT2D eigenvalue weighted by Gasteiger charge is 2.56. The molecule has 0 spiro atoms. The summed E-state index contributed by atoms with van der Waals surface area (Å²) in [6, 6.07) is 1.35. The number of nitrogens with zero attached hydrogens (tertiary/aromatic N) is 2. The van der Waals surface area contributed by atoms with Crippen molar-refractivity contribution < 1.29 is 24.7 Å². The predicted molar refractivity (Wildman–Crippen MR) is 72.2 cm³/mol. The fourth-order valence-corrected chi connectivity index (χ4v) is 3.53. The number of hydrogen-bond acceptors (Lipinski definition) is 7. The highest BCUT2D eigenvalue weighted by molar-refractivity contribution is 8.09. The van der Waals surface area contributed by atoms with Gasteiger partial charge in [-0.1, -0.05) is 0 Å². The first-order valence-electron chi connectivity index (χ1n) is 5.58. The van der Waals surface area contributed by atoms with Crippen molar-refractivity contribution in [3.8, 4) is 0 Å². The van der Waals surface area contributed by atoms with Crippen LogP contribution in [0.2, 0.25) is 0 Å². The Morgan fingerprint density at radius 2 is 2.30 bits per heavy atom. The van der Waals surface area contributed by atoms with Crippen LogP contribution in [0.4, 0.5) is 5.82 Å². The van der Waals surface area contributed by atoms with Gasteiger partial charge in [-0.3, -0.25) is 4.57 Å². The summed E-state index contributed by atoms with van der Waals surface area (Å²) in [6.45, 7) is -4.81. The van der Waals surface area contributed by atoms with E-state index in [-0.39, 0.29) is 12.2 Å². The second-order valence-electron chi connectivity index (χ2n) is 4.43. The van der Waals surface area contributed by atoms with Gasteiger partial charge in [-0.15, -0.1) is 0 Å². The summed E-state index contributed by atoms with van der Waals surface area (Å²) in [7, 11) is 0. The molecule has 0 bridgehead atoms. The van der Waals surface area contributed by atoms with Crippen LogP contribution in [0.25, 0.3) is 0 Å². The van der Waals surface area contributed by atoms with Gasteiger partial charge in [0, 0.05) is 12.6 Å². The lowest BCUT2D eigenvalue weighted by atomic mass is 10.2. The molecule has 1 aliphatic rings. The van der Waals surface area contributed by atoms with Gasteiger partial charge in [0.25, 0.3) is 0 Å². The molecule has 1 aromatic rings. The van der Waals surface area contributed by atoms with Crippen LogP contribution in [0.15, 0.2) is 17.1 Å². The molecule has 11 heteroatoms. The number of aliphatic hydroxyl groups is 2. The van der Waals surface area contributed by atoms with Crippen LogP contribution < -0.4 is 11.4 Å². The number of aromatic nitrogens is 2. The van der Waals surface area contributed by atoms with Gasteiger partial charge >= 0.3 is 5.69 Å². The van der Waals surface area contributed by atoms with Crippen molar-refractivity contribution in [1.29, 1.82) is 0 Å². The summed E-state index contributed by atoms with van der Waals surface area (Å²) in [5, 5.41) is 17.3. The molecular formula is C9H14N3O6PS. The topological polar surface area (TPSA) is 151 Å². The smallest absolute Gasteiger partial charge is 0.351 e. The monoisotopic (exact) mass is 323 g/mol. The number of nitrogens with two attached hydrogens (primary N) is 1. The number of rotatable bonds is 3. The van der Waals surface area contributed by atoms with Crippen molar-refractivity contribution >= 4 is 24.1 Å². The normalized spacial score (nSPS) is 30.6. The molecule has 0 amide bonds. The molecule has 6 N–H and O–H groups in total. The van der Waals surface area contributed by atoms with E-state index in [4.69, 9.17) is 10.5 Å². The maximum atomic E-state index is 11.7. The van der Waals surface area contributed by atoms with E-state index in [9.17, 15) is 24.8 Å². The van der Waals surface area contributed by atoms with Crippen molar-refractivity contribution in [2.45, 2.75) is 24.1 Å². The first-order chi connectivity index (χ1) is 9.19. The lowest BCUT2D eigenvalue weighted by molar-refractivity contribution is -0.0588. The van der Waals surface area contributed by atoms with Gasteiger partial charge in [-0.05, 0) is 17.9 Å². The van der Waals surface area contributed by atoms with E-state index in [1.54, 1.807) is 0 Å². The molecule has 0 saturated carbocycles. The molecule has 2 heterocycles. The molecule has 112 valence electrons. The van der Waals surface area contributed by atoms with Gasteiger partial charge in [-0.2, -0.15) is 4.98 Å². The Kier molecular flexibility index (Phi) is 4.00. The summed E-state index contributed by atoms with van der Waals surface area (Å²) >= 11 is 4.52. The van der Waals surface area contributed by atoms with Crippen LogP contribution in [-0.2, 0) is 16.5 Å². The van der Waals surface area contributed by atoms with E-state index >= 15 is 0 Å². The summed E-state index contributed by atoms with van der Waals surface area (Å²) in [6.07, 6.45) is -1.39. The minimum absolute atomic E-state index is 0.0210. The summed E-state index contributed by atoms with van der Waals surface area (Å²) in [5.74, 6) is 0.0210. The second kappa shape index (κ2) is 5.15. The number of ether oxygens (including phenoxy) is 1. The number of anilines is 1. The molecule has 0 unspecified atom stereocenters. The molecule has 1 saturated heterocycles. The van der Waals surface area contributed by atoms with E-state index in [2.05, 4.69) is 16.8 Å². The molecule has 3 atom stereocenters. The van der Waals surface area contributed by atoms with Crippen LogP contribution in [0.1, 0.15) is 12.6 Å². The molecule has 1 aliphatic heterocycles. The molecule has 0 aromatic carbocycles. The van der Waals surface area contributed by atoms with E-state index in [1.165, 1.54) is 12.3 Å². The fourth-order valence-electron chi connectivity index (χ4n) is 2.04. The zero-order valence-corrected chi connectivity index (χ0v) is 11.9. The molecule has 0 aliphatic carbocycles. The molecule has 1 fully saturated rings. The van der Waals surface area contributed by atoms with E-state index in [0.29, 0.717) is 0 Å². The highest BCUT2D eigenvalue weighted by Crippen LogP contribution is 2.58. The van der Waals surface area contributed by atoms with E-state index in [1.807, 2.05) is 0 Å². The molecule has 9 nitrogen and oxygen atoms in total. The third kappa shape index (κ3) is 2.51. The number of nitrogen functional groups attached to an aromatic ring is 1. The van der Waals surface area contributed by atoms with Gasteiger partial charge in [0.2, 0.25) is 6.49 Å². The van der Waals surface area contributed by atoms with Crippen molar-refractivity contribution in [2.24, 2.45) is 0 Å². The van der Waals surface area contributed by atoms with Crippen LogP contribution in [0.3, 0.4) is 0 Å². The molecule has 2 rings (SSSR count). The van der Waals surface area contributed by atoms with E-state index < -0.39 is 36.5 Å². The molecule has 1 aromatic heterocycles. The minimum Gasteiger partial charge on any atom is -0.394 e. The first-order valence-corrected chi connectivity index (χ1v) is 8.29. The fraction of sp³-hybridized carbons (Fsp3) is 0.556. The zero-order chi connectivity index (χ0) is 15.1. The van der Waals surface area contributed by atoms with Gasteiger partial charge in [0.05, 0.1) is 6.61 Å². The van der Waals surface area contributed by atoms with Crippen molar-refractivity contribution in [1.82, 2.24) is 9.55 Å². The summed E-state index contributed by atoms with van der Waals surface area (Å²) < 4.78 is 6.31. The van der Waals surface area contributed by atoms with Crippen molar-refractivity contribution in [3.05, 3.63) is 22.7 Å². The minimum atomic E-state index is -4.14. The Morgan fingerprint density at radius 1 is 1.65 bits per heavy atom.